The van der Waals surface area contributed by atoms with Crippen molar-refractivity contribution < 1.29 is 13.2 Å². The van der Waals surface area contributed by atoms with E-state index in [0.29, 0.717) is 0 Å². The Morgan fingerprint density at radius 2 is 1.89 bits per heavy atom. The van der Waals surface area contributed by atoms with Crippen LogP contribution in [0.3, 0.4) is 0 Å². The van der Waals surface area contributed by atoms with Crippen molar-refractivity contribution in [3.8, 4) is 0 Å². The predicted molar refractivity (Wildman–Crippen MR) is 62.3 cm³/mol. The second-order valence-corrected chi connectivity index (χ2v) is 4.30. The fraction of sp³-hybridized carbons (Fsp3) is 0.308. The summed E-state index contributed by atoms with van der Waals surface area (Å²) in [6.07, 6.45) is -2.91. The van der Waals surface area contributed by atoms with E-state index in [0.717, 1.165) is 16.7 Å². The van der Waals surface area contributed by atoms with Gasteiger partial charge in [0.2, 0.25) is 0 Å². The number of hydrogen-bond acceptors (Lipinski definition) is 1. The molecule has 1 N–H and O–H groups in total. The van der Waals surface area contributed by atoms with E-state index >= 15 is 0 Å². The SMILES string of the molecule is Cc1cccc(Cc2cn[nH]c2C(F)(F)F)c1C. The first-order chi connectivity index (χ1) is 8.39. The number of halogens is 3. The minimum atomic E-state index is -4.39. The van der Waals surface area contributed by atoms with E-state index < -0.39 is 11.9 Å². The highest BCUT2D eigenvalue weighted by molar-refractivity contribution is 5.37. The van der Waals surface area contributed by atoms with Crippen molar-refractivity contribution in [3.63, 3.8) is 0 Å². The molecule has 2 nitrogen and oxygen atoms in total. The van der Waals surface area contributed by atoms with Crippen molar-refractivity contribution in [2.45, 2.75) is 26.4 Å². The van der Waals surface area contributed by atoms with Gasteiger partial charge in [-0.2, -0.15) is 18.3 Å². The summed E-state index contributed by atoms with van der Waals surface area (Å²) < 4.78 is 38.1. The lowest BCUT2D eigenvalue weighted by Gasteiger charge is -2.10. The molecule has 2 rings (SSSR count). The van der Waals surface area contributed by atoms with Crippen LogP contribution >= 0.6 is 0 Å². The van der Waals surface area contributed by atoms with Crippen molar-refractivity contribution in [1.82, 2.24) is 10.2 Å². The summed E-state index contributed by atoms with van der Waals surface area (Å²) in [6, 6.07) is 5.64. The van der Waals surface area contributed by atoms with E-state index in [2.05, 4.69) is 5.10 Å². The fourth-order valence-electron chi connectivity index (χ4n) is 1.90. The molecule has 1 aromatic carbocycles. The van der Waals surface area contributed by atoms with Crippen LogP contribution in [-0.2, 0) is 12.6 Å². The molecular formula is C13H13F3N2. The molecule has 0 bridgehead atoms. The smallest absolute Gasteiger partial charge is 0.273 e. The Balaban J connectivity index is 2.36. The highest BCUT2D eigenvalue weighted by Gasteiger charge is 2.35. The number of nitrogens with zero attached hydrogens (tertiary/aromatic N) is 1. The molecule has 0 unspecified atom stereocenters. The van der Waals surface area contributed by atoms with Gasteiger partial charge in [-0.1, -0.05) is 18.2 Å². The van der Waals surface area contributed by atoms with Crippen molar-refractivity contribution in [1.29, 1.82) is 0 Å². The van der Waals surface area contributed by atoms with Gasteiger partial charge in [0.25, 0.3) is 0 Å². The van der Waals surface area contributed by atoms with Gasteiger partial charge in [0.15, 0.2) is 0 Å². The van der Waals surface area contributed by atoms with Crippen LogP contribution in [0.5, 0.6) is 0 Å². The number of alkyl halides is 3. The first kappa shape index (κ1) is 12.7. The summed E-state index contributed by atoms with van der Waals surface area (Å²) in [5, 5.41) is 5.52. The van der Waals surface area contributed by atoms with Gasteiger partial charge >= 0.3 is 6.18 Å². The van der Waals surface area contributed by atoms with Crippen LogP contribution < -0.4 is 0 Å². The maximum absolute atomic E-state index is 12.7. The molecule has 1 heterocycles. The Bertz CT molecular complexity index is 556. The lowest BCUT2D eigenvalue weighted by atomic mass is 9.97. The topological polar surface area (TPSA) is 28.7 Å². The molecule has 0 saturated heterocycles. The largest absolute Gasteiger partial charge is 0.433 e. The van der Waals surface area contributed by atoms with Gasteiger partial charge in [-0.3, -0.25) is 5.10 Å². The maximum atomic E-state index is 12.7. The van der Waals surface area contributed by atoms with E-state index in [1.54, 1.807) is 0 Å². The average Bonchev–Trinajstić information content (AvgIpc) is 2.72. The van der Waals surface area contributed by atoms with Crippen molar-refractivity contribution in [2.75, 3.05) is 0 Å². The second kappa shape index (κ2) is 4.48. The van der Waals surface area contributed by atoms with Crippen LogP contribution in [0.15, 0.2) is 24.4 Å². The zero-order chi connectivity index (χ0) is 13.3. The minimum Gasteiger partial charge on any atom is -0.273 e. The zero-order valence-corrected chi connectivity index (χ0v) is 10.1. The predicted octanol–water partition coefficient (Wildman–Crippen LogP) is 3.64. The zero-order valence-electron chi connectivity index (χ0n) is 10.1. The highest BCUT2D eigenvalue weighted by atomic mass is 19.4. The van der Waals surface area contributed by atoms with Crippen LogP contribution in [0.4, 0.5) is 13.2 Å². The summed E-state index contributed by atoms with van der Waals surface area (Å²) in [5.41, 5.74) is 2.40. The minimum absolute atomic E-state index is 0.177. The molecule has 0 aliphatic carbocycles. The monoisotopic (exact) mass is 254 g/mol. The number of nitrogens with one attached hydrogen (secondary N) is 1. The van der Waals surface area contributed by atoms with Crippen molar-refractivity contribution >= 4 is 0 Å². The number of H-pyrrole nitrogens is 1. The number of aromatic amines is 1. The molecule has 0 amide bonds. The van der Waals surface area contributed by atoms with Gasteiger partial charge in [-0.05, 0) is 30.5 Å². The summed E-state index contributed by atoms with van der Waals surface area (Å²) in [5.74, 6) is 0. The van der Waals surface area contributed by atoms with Crippen LogP contribution in [0, 0.1) is 13.8 Å². The third-order valence-corrected chi connectivity index (χ3v) is 3.10. The van der Waals surface area contributed by atoms with E-state index in [1.807, 2.05) is 37.1 Å². The van der Waals surface area contributed by atoms with Gasteiger partial charge in [-0.15, -0.1) is 0 Å². The third-order valence-electron chi connectivity index (χ3n) is 3.10. The van der Waals surface area contributed by atoms with E-state index in [-0.39, 0.29) is 12.0 Å². The van der Waals surface area contributed by atoms with Gasteiger partial charge < -0.3 is 0 Å². The summed E-state index contributed by atoms with van der Waals surface area (Å²) in [4.78, 5) is 0. The summed E-state index contributed by atoms with van der Waals surface area (Å²) in [7, 11) is 0. The molecule has 18 heavy (non-hydrogen) atoms. The Labute approximate surface area is 103 Å². The Kier molecular flexibility index (Phi) is 3.15. The molecule has 0 aliphatic heterocycles. The van der Waals surface area contributed by atoms with Crippen molar-refractivity contribution in [3.05, 3.63) is 52.3 Å². The van der Waals surface area contributed by atoms with E-state index in [9.17, 15) is 13.2 Å². The summed E-state index contributed by atoms with van der Waals surface area (Å²) >= 11 is 0. The number of hydrogen-bond donors (Lipinski definition) is 1. The normalized spacial score (nSPS) is 11.8. The lowest BCUT2D eigenvalue weighted by molar-refractivity contribution is -0.141. The van der Waals surface area contributed by atoms with E-state index in [4.69, 9.17) is 0 Å². The number of benzene rings is 1. The lowest BCUT2D eigenvalue weighted by Crippen LogP contribution is -2.09. The van der Waals surface area contributed by atoms with Gasteiger partial charge in [0.05, 0.1) is 6.20 Å². The molecule has 0 spiro atoms. The molecule has 2 aromatic rings. The van der Waals surface area contributed by atoms with Gasteiger partial charge in [-0.25, -0.2) is 0 Å². The highest BCUT2D eigenvalue weighted by Crippen LogP contribution is 2.31. The van der Waals surface area contributed by atoms with Crippen LogP contribution in [0.2, 0.25) is 0 Å². The Hall–Kier alpha value is -1.78. The van der Waals surface area contributed by atoms with Crippen LogP contribution in [0.1, 0.15) is 27.9 Å². The van der Waals surface area contributed by atoms with Crippen LogP contribution in [-0.4, -0.2) is 10.2 Å². The molecule has 96 valence electrons. The molecule has 0 saturated carbocycles. The Morgan fingerprint density at radius 1 is 1.17 bits per heavy atom. The van der Waals surface area contributed by atoms with Crippen LogP contribution in [0.25, 0.3) is 0 Å². The molecule has 5 heteroatoms. The maximum Gasteiger partial charge on any atom is 0.433 e. The van der Waals surface area contributed by atoms with Crippen molar-refractivity contribution in [2.24, 2.45) is 0 Å². The van der Waals surface area contributed by atoms with Gasteiger partial charge in [0, 0.05) is 12.0 Å². The summed E-state index contributed by atoms with van der Waals surface area (Å²) in [6.45, 7) is 3.86. The fourth-order valence-corrected chi connectivity index (χ4v) is 1.90. The van der Waals surface area contributed by atoms with Gasteiger partial charge in [0.1, 0.15) is 5.69 Å². The molecule has 0 aliphatic rings. The van der Waals surface area contributed by atoms with E-state index in [1.165, 1.54) is 6.20 Å². The quantitative estimate of drug-likeness (QED) is 0.870. The third kappa shape index (κ3) is 2.39. The standard InChI is InChI=1S/C13H13F3N2/c1-8-4-3-5-10(9(8)2)6-11-7-17-18-12(11)13(14,15)16/h3-5,7H,6H2,1-2H3,(H,17,18). The first-order valence-electron chi connectivity index (χ1n) is 5.54. The molecule has 0 radical (unpaired) electrons. The molecule has 0 atom stereocenters. The first-order valence-corrected chi connectivity index (χ1v) is 5.54. The Morgan fingerprint density at radius 3 is 2.56 bits per heavy atom. The number of rotatable bonds is 2. The number of aryl methyl sites for hydroxylation is 1. The second-order valence-electron chi connectivity index (χ2n) is 4.30. The molecule has 1 aromatic heterocycles. The number of aromatic nitrogens is 2. The average molecular weight is 254 g/mol. The molecule has 0 fully saturated rings. The molecular weight excluding hydrogens is 241 g/mol.